The molecule has 1 saturated heterocycles. The summed E-state index contributed by atoms with van der Waals surface area (Å²) in [5.74, 6) is 1.62. The number of aromatic nitrogens is 4. The molecule has 3 aromatic heterocycles. The van der Waals surface area contributed by atoms with Gasteiger partial charge in [-0.15, -0.1) is 0 Å². The smallest absolute Gasteiger partial charge is 0.243 e. The lowest BCUT2D eigenvalue weighted by molar-refractivity contribution is 0.186. The van der Waals surface area contributed by atoms with Crippen LogP contribution in [0, 0.1) is 5.41 Å². The minimum atomic E-state index is 0.0380. The maximum Gasteiger partial charge on any atom is 0.243 e. The van der Waals surface area contributed by atoms with Gasteiger partial charge in [0.2, 0.25) is 5.90 Å². The normalized spacial score (nSPS) is 20.5. The van der Waals surface area contributed by atoms with Crippen molar-refractivity contribution in [3.05, 3.63) is 69.6 Å². The Morgan fingerprint density at radius 1 is 1.06 bits per heavy atom. The van der Waals surface area contributed by atoms with E-state index in [9.17, 15) is 0 Å². The number of hydrogen-bond acceptors (Lipinski definition) is 8. The molecule has 6 rings (SSSR count). The molecule has 10 heteroatoms. The number of nitrogens with zero attached hydrogens (tertiary/aromatic N) is 6. The number of anilines is 1. The Labute approximate surface area is 200 Å². The van der Waals surface area contributed by atoms with Crippen molar-refractivity contribution in [1.29, 1.82) is 0 Å². The van der Waals surface area contributed by atoms with Gasteiger partial charge < -0.3 is 15.4 Å². The van der Waals surface area contributed by atoms with E-state index in [1.165, 1.54) is 11.8 Å². The highest BCUT2D eigenvalue weighted by atomic mass is 35.5. The van der Waals surface area contributed by atoms with E-state index in [-0.39, 0.29) is 21.6 Å². The molecule has 1 atom stereocenters. The third-order valence-electron chi connectivity index (χ3n) is 6.95. The molecule has 2 N–H and O–H groups in total. The summed E-state index contributed by atoms with van der Waals surface area (Å²) in [6, 6.07) is 5.77. The van der Waals surface area contributed by atoms with Gasteiger partial charge in [0.15, 0.2) is 10.9 Å². The van der Waals surface area contributed by atoms with Crippen LogP contribution in [0.1, 0.15) is 41.5 Å². The first-order valence-corrected chi connectivity index (χ1v) is 11.6. The number of piperidine rings is 1. The number of halogens is 2. The standard InChI is InChI=1S/C23H21Cl2N7O/c24-18-16(3-7-28-21(18)25)33-22-19-15(11-30-22)31-17(12-29-19)32-8-4-23(5-9-32)10-14-13(20(23)26)2-1-6-27-14/h1-3,6-7,12,20H,4-5,8-11,26H2/t20-/m1/s1. The van der Waals surface area contributed by atoms with E-state index in [0.29, 0.717) is 23.9 Å². The molecule has 5 heterocycles. The summed E-state index contributed by atoms with van der Waals surface area (Å²) in [4.78, 5) is 24.7. The van der Waals surface area contributed by atoms with Crippen molar-refractivity contribution in [3.63, 3.8) is 0 Å². The van der Waals surface area contributed by atoms with E-state index in [2.05, 4.69) is 30.9 Å². The van der Waals surface area contributed by atoms with Crippen molar-refractivity contribution in [2.45, 2.75) is 31.8 Å². The zero-order chi connectivity index (χ0) is 22.6. The molecule has 0 saturated carbocycles. The van der Waals surface area contributed by atoms with Gasteiger partial charge >= 0.3 is 0 Å². The van der Waals surface area contributed by atoms with Gasteiger partial charge in [-0.2, -0.15) is 0 Å². The lowest BCUT2D eigenvalue weighted by Crippen LogP contribution is -2.44. The molecule has 1 fully saturated rings. The van der Waals surface area contributed by atoms with Crippen molar-refractivity contribution in [2.75, 3.05) is 18.0 Å². The fourth-order valence-electron chi connectivity index (χ4n) is 5.07. The van der Waals surface area contributed by atoms with Gasteiger partial charge in [0.1, 0.15) is 16.5 Å². The van der Waals surface area contributed by atoms with Crippen molar-refractivity contribution in [2.24, 2.45) is 16.1 Å². The summed E-state index contributed by atoms with van der Waals surface area (Å²) in [6.07, 6.45) is 8.11. The molecule has 2 aliphatic heterocycles. The fourth-order valence-corrected chi connectivity index (χ4v) is 5.37. The summed E-state index contributed by atoms with van der Waals surface area (Å²) < 4.78 is 5.86. The van der Waals surface area contributed by atoms with Crippen molar-refractivity contribution >= 4 is 34.9 Å². The third-order valence-corrected chi connectivity index (χ3v) is 7.70. The van der Waals surface area contributed by atoms with E-state index in [4.69, 9.17) is 38.7 Å². The lowest BCUT2D eigenvalue weighted by atomic mass is 9.73. The highest BCUT2D eigenvalue weighted by Gasteiger charge is 2.46. The summed E-state index contributed by atoms with van der Waals surface area (Å²) >= 11 is 12.2. The van der Waals surface area contributed by atoms with Crippen LogP contribution in [0.4, 0.5) is 5.82 Å². The first kappa shape index (κ1) is 20.8. The van der Waals surface area contributed by atoms with E-state index in [1.54, 1.807) is 12.3 Å². The Balaban J connectivity index is 1.16. The summed E-state index contributed by atoms with van der Waals surface area (Å²) in [6.45, 7) is 2.17. The second-order valence-corrected chi connectivity index (χ2v) is 9.44. The van der Waals surface area contributed by atoms with Crippen LogP contribution in [0.2, 0.25) is 10.2 Å². The maximum absolute atomic E-state index is 6.68. The first-order chi connectivity index (χ1) is 16.0. The first-order valence-electron chi connectivity index (χ1n) is 10.9. The summed E-state index contributed by atoms with van der Waals surface area (Å²) in [7, 11) is 0. The zero-order valence-corrected chi connectivity index (χ0v) is 19.2. The number of nitrogens with two attached hydrogens (primary N) is 1. The van der Waals surface area contributed by atoms with E-state index >= 15 is 0 Å². The molecular formula is C23H21Cl2N7O. The highest BCUT2D eigenvalue weighted by Crippen LogP contribution is 2.50. The highest BCUT2D eigenvalue weighted by molar-refractivity contribution is 6.42. The molecule has 0 unspecified atom stereocenters. The summed E-state index contributed by atoms with van der Waals surface area (Å²) in [5, 5.41) is 0.419. The molecular weight excluding hydrogens is 461 g/mol. The van der Waals surface area contributed by atoms with Crippen LogP contribution < -0.4 is 15.4 Å². The third kappa shape index (κ3) is 3.44. The van der Waals surface area contributed by atoms with E-state index in [0.717, 1.165) is 49.6 Å². The predicted octanol–water partition coefficient (Wildman–Crippen LogP) is 3.76. The minimum absolute atomic E-state index is 0.0380. The number of pyridine rings is 2. The summed E-state index contributed by atoms with van der Waals surface area (Å²) in [5.41, 5.74) is 10.5. The van der Waals surface area contributed by atoms with Crippen LogP contribution in [0.25, 0.3) is 0 Å². The Bertz CT molecular complexity index is 1270. The number of aliphatic imine (C=N–C) groups is 1. The van der Waals surface area contributed by atoms with Crippen molar-refractivity contribution in [3.8, 4) is 5.75 Å². The van der Waals surface area contributed by atoms with Crippen LogP contribution in [-0.4, -0.2) is 38.9 Å². The van der Waals surface area contributed by atoms with E-state index in [1.807, 2.05) is 12.3 Å². The molecule has 8 nitrogen and oxygen atoms in total. The van der Waals surface area contributed by atoms with Gasteiger partial charge in [0, 0.05) is 43.3 Å². The molecule has 168 valence electrons. The number of hydrogen-bond donors (Lipinski definition) is 1. The molecule has 33 heavy (non-hydrogen) atoms. The van der Waals surface area contributed by atoms with Crippen LogP contribution in [0.3, 0.4) is 0 Å². The van der Waals surface area contributed by atoms with Crippen LogP contribution in [0.15, 0.2) is 41.8 Å². The van der Waals surface area contributed by atoms with Gasteiger partial charge in [-0.25, -0.2) is 19.9 Å². The Morgan fingerprint density at radius 3 is 2.73 bits per heavy atom. The number of rotatable bonds is 2. The molecule has 1 spiro atoms. The molecule has 0 radical (unpaired) electrons. The van der Waals surface area contributed by atoms with Gasteiger partial charge in [-0.1, -0.05) is 29.3 Å². The minimum Gasteiger partial charge on any atom is -0.435 e. The van der Waals surface area contributed by atoms with E-state index < -0.39 is 0 Å². The number of ether oxygens (including phenoxy) is 1. The molecule has 0 aromatic carbocycles. The van der Waals surface area contributed by atoms with Gasteiger partial charge in [0.05, 0.1) is 18.4 Å². The van der Waals surface area contributed by atoms with Crippen molar-refractivity contribution < 1.29 is 4.74 Å². The van der Waals surface area contributed by atoms with Gasteiger partial charge in [0.25, 0.3) is 0 Å². The van der Waals surface area contributed by atoms with Gasteiger partial charge in [-0.05, 0) is 36.3 Å². The molecule has 0 amide bonds. The molecule has 0 bridgehead atoms. The van der Waals surface area contributed by atoms with Crippen LogP contribution >= 0.6 is 23.2 Å². The Morgan fingerprint density at radius 2 is 1.91 bits per heavy atom. The Hall–Kier alpha value is -2.81. The molecule has 1 aliphatic carbocycles. The average Bonchev–Trinajstić information content (AvgIpc) is 3.36. The topological polar surface area (TPSA) is 102 Å². The average molecular weight is 482 g/mol. The Kier molecular flexibility index (Phi) is 4.97. The zero-order valence-electron chi connectivity index (χ0n) is 17.7. The number of fused-ring (bicyclic) bond motifs is 2. The second kappa shape index (κ2) is 7.90. The monoisotopic (exact) mass is 481 g/mol. The maximum atomic E-state index is 6.68. The fraction of sp³-hybridized carbons (Fsp3) is 0.348. The van der Waals surface area contributed by atoms with Crippen LogP contribution in [-0.2, 0) is 13.0 Å². The van der Waals surface area contributed by atoms with Crippen LogP contribution in [0.5, 0.6) is 5.75 Å². The molecule has 3 aromatic rings. The van der Waals surface area contributed by atoms with Gasteiger partial charge in [-0.3, -0.25) is 4.98 Å². The largest absolute Gasteiger partial charge is 0.435 e. The SMILES string of the molecule is N[C@@H]1c2cccnc2CC12CCN(c1cnc3c(n1)CN=C3Oc1ccnc(Cl)c1Cl)CC2. The predicted molar refractivity (Wildman–Crippen MR) is 126 cm³/mol. The second-order valence-electron chi connectivity index (χ2n) is 8.70. The molecule has 3 aliphatic rings. The quantitative estimate of drug-likeness (QED) is 0.555. The lowest BCUT2D eigenvalue weighted by Gasteiger charge is -2.42. The van der Waals surface area contributed by atoms with Crippen molar-refractivity contribution in [1.82, 2.24) is 19.9 Å².